The maximum Gasteiger partial charge on any atom is 0.182 e. The lowest BCUT2D eigenvalue weighted by atomic mass is 9.75. The third-order valence-electron chi connectivity index (χ3n) is 4.15. The van der Waals surface area contributed by atoms with Gasteiger partial charge in [0.15, 0.2) is 9.84 Å². The zero-order valence-corrected chi connectivity index (χ0v) is 13.1. The molecule has 1 saturated carbocycles. The first-order chi connectivity index (χ1) is 9.26. The van der Waals surface area contributed by atoms with E-state index < -0.39 is 15.1 Å². The molecule has 1 fully saturated rings. The van der Waals surface area contributed by atoms with Gasteiger partial charge in [0.1, 0.15) is 5.75 Å². The van der Waals surface area contributed by atoms with E-state index in [-0.39, 0.29) is 11.5 Å². The van der Waals surface area contributed by atoms with Gasteiger partial charge in [0, 0.05) is 6.04 Å². The Morgan fingerprint density at radius 2 is 2.05 bits per heavy atom. The van der Waals surface area contributed by atoms with Gasteiger partial charge in [-0.05, 0) is 42.9 Å². The third-order valence-corrected chi connectivity index (χ3v) is 6.38. The highest BCUT2D eigenvalue weighted by atomic mass is 32.2. The summed E-state index contributed by atoms with van der Waals surface area (Å²) in [6.45, 7) is 4.21. The molecular formula is C15H23NO3S. The molecule has 5 heteroatoms. The molecule has 0 bridgehead atoms. The highest BCUT2D eigenvalue weighted by Gasteiger charge is 2.41. The lowest BCUT2D eigenvalue weighted by Crippen LogP contribution is -2.47. The number of hydrogen-bond donors (Lipinski definition) is 1. The van der Waals surface area contributed by atoms with Crippen molar-refractivity contribution in [1.29, 1.82) is 0 Å². The Balaban J connectivity index is 2.37. The minimum atomic E-state index is -3.42. The number of ether oxygens (including phenoxy) is 1. The number of methoxy groups -OCH3 is 1. The van der Waals surface area contributed by atoms with E-state index in [1.54, 1.807) is 24.3 Å². The first-order valence-corrected chi connectivity index (χ1v) is 8.44. The van der Waals surface area contributed by atoms with Crippen molar-refractivity contribution in [1.82, 2.24) is 0 Å². The molecule has 0 heterocycles. The van der Waals surface area contributed by atoms with Crippen molar-refractivity contribution in [2.24, 2.45) is 11.1 Å². The predicted octanol–water partition coefficient (Wildman–Crippen LogP) is 2.37. The monoisotopic (exact) mass is 297 g/mol. The van der Waals surface area contributed by atoms with Gasteiger partial charge in [0.2, 0.25) is 0 Å². The lowest BCUT2D eigenvalue weighted by molar-refractivity contribution is 0.227. The topological polar surface area (TPSA) is 69.4 Å². The molecule has 0 spiro atoms. The predicted molar refractivity (Wildman–Crippen MR) is 79.6 cm³/mol. The van der Waals surface area contributed by atoms with Gasteiger partial charge in [-0.1, -0.05) is 19.9 Å². The Kier molecular flexibility index (Phi) is 4.12. The minimum absolute atomic E-state index is 0.0203. The summed E-state index contributed by atoms with van der Waals surface area (Å²) in [5.41, 5.74) is 6.10. The smallest absolute Gasteiger partial charge is 0.182 e. The molecule has 1 aromatic rings. The van der Waals surface area contributed by atoms with E-state index >= 15 is 0 Å². The fourth-order valence-electron chi connectivity index (χ4n) is 2.83. The number of benzene rings is 1. The zero-order valence-electron chi connectivity index (χ0n) is 12.3. The maximum absolute atomic E-state index is 12.8. The van der Waals surface area contributed by atoms with Gasteiger partial charge in [0.05, 0.1) is 17.3 Å². The molecule has 2 N–H and O–H groups in total. The van der Waals surface area contributed by atoms with Crippen molar-refractivity contribution in [2.45, 2.75) is 49.3 Å². The first kappa shape index (κ1) is 15.3. The second-order valence-electron chi connectivity index (χ2n) is 6.33. The lowest BCUT2D eigenvalue weighted by Gasteiger charge is -2.38. The second kappa shape index (κ2) is 5.37. The summed E-state index contributed by atoms with van der Waals surface area (Å²) < 4.78 is 30.7. The Morgan fingerprint density at radius 3 is 2.70 bits per heavy atom. The second-order valence-corrected chi connectivity index (χ2v) is 8.50. The molecule has 2 unspecified atom stereocenters. The average Bonchev–Trinajstić information content (AvgIpc) is 2.41. The zero-order chi connectivity index (χ0) is 15.0. The number of sulfone groups is 1. The Bertz CT molecular complexity index is 581. The molecule has 0 aromatic heterocycles. The van der Waals surface area contributed by atoms with Crippen LogP contribution >= 0.6 is 0 Å². The van der Waals surface area contributed by atoms with Crippen LogP contribution in [0, 0.1) is 5.41 Å². The Morgan fingerprint density at radius 1 is 1.35 bits per heavy atom. The summed E-state index contributed by atoms with van der Waals surface area (Å²) in [7, 11) is -1.89. The van der Waals surface area contributed by atoms with Gasteiger partial charge in [-0.3, -0.25) is 0 Å². The molecule has 1 aromatic carbocycles. The van der Waals surface area contributed by atoms with Crippen LogP contribution in [0.25, 0.3) is 0 Å². The molecule has 20 heavy (non-hydrogen) atoms. The van der Waals surface area contributed by atoms with E-state index in [0.29, 0.717) is 17.1 Å². The fourth-order valence-corrected chi connectivity index (χ4v) is 5.00. The van der Waals surface area contributed by atoms with Crippen molar-refractivity contribution in [2.75, 3.05) is 7.11 Å². The molecule has 4 nitrogen and oxygen atoms in total. The van der Waals surface area contributed by atoms with Gasteiger partial charge >= 0.3 is 0 Å². The van der Waals surface area contributed by atoms with E-state index in [9.17, 15) is 8.42 Å². The number of hydrogen-bond acceptors (Lipinski definition) is 4. The van der Waals surface area contributed by atoms with Crippen LogP contribution < -0.4 is 10.5 Å². The van der Waals surface area contributed by atoms with E-state index in [0.717, 1.165) is 12.8 Å². The minimum Gasteiger partial charge on any atom is -0.497 e. The van der Waals surface area contributed by atoms with Gasteiger partial charge in [-0.15, -0.1) is 0 Å². The molecule has 112 valence electrons. The van der Waals surface area contributed by atoms with Gasteiger partial charge < -0.3 is 10.5 Å². The quantitative estimate of drug-likeness (QED) is 0.930. The average molecular weight is 297 g/mol. The summed E-state index contributed by atoms with van der Waals surface area (Å²) in [5, 5.41) is -0.515. The largest absolute Gasteiger partial charge is 0.497 e. The molecule has 1 aliphatic carbocycles. The Hall–Kier alpha value is -1.07. The highest BCUT2D eigenvalue weighted by Crippen LogP contribution is 2.39. The van der Waals surface area contributed by atoms with E-state index in [1.165, 1.54) is 7.11 Å². The van der Waals surface area contributed by atoms with E-state index in [1.807, 2.05) is 0 Å². The molecule has 0 saturated heterocycles. The molecular weight excluding hydrogens is 274 g/mol. The Labute approximate surface area is 121 Å². The molecule has 0 radical (unpaired) electrons. The van der Waals surface area contributed by atoms with Crippen LogP contribution in [0.4, 0.5) is 0 Å². The van der Waals surface area contributed by atoms with Crippen LogP contribution in [0.5, 0.6) is 5.75 Å². The summed E-state index contributed by atoms with van der Waals surface area (Å²) in [4.78, 5) is 0.301. The first-order valence-electron chi connectivity index (χ1n) is 6.90. The van der Waals surface area contributed by atoms with Crippen LogP contribution in [-0.4, -0.2) is 26.8 Å². The standard InChI is InChI=1S/C15H23NO3S/c1-15(2)8-7-13(16)14(10-15)20(17,18)12-6-4-5-11(9-12)19-3/h4-6,9,13-14H,7-8,10,16H2,1-3H3. The number of nitrogens with two attached hydrogens (primary N) is 1. The van der Waals surface area contributed by atoms with Crippen molar-refractivity contribution in [3.05, 3.63) is 24.3 Å². The molecule has 2 atom stereocenters. The summed E-state index contributed by atoms with van der Waals surface area (Å²) >= 11 is 0. The summed E-state index contributed by atoms with van der Waals surface area (Å²) in [6.07, 6.45) is 2.33. The molecule has 1 aliphatic rings. The SMILES string of the molecule is COc1cccc(S(=O)(=O)C2CC(C)(C)CCC2N)c1. The van der Waals surface area contributed by atoms with Gasteiger partial charge in [-0.2, -0.15) is 0 Å². The van der Waals surface area contributed by atoms with Crippen LogP contribution in [0.15, 0.2) is 29.2 Å². The molecule has 2 rings (SSSR count). The van der Waals surface area contributed by atoms with Crippen molar-refractivity contribution < 1.29 is 13.2 Å². The summed E-state index contributed by atoms with van der Waals surface area (Å²) in [6, 6.07) is 6.34. The van der Waals surface area contributed by atoms with Crippen LogP contribution in [0.3, 0.4) is 0 Å². The summed E-state index contributed by atoms with van der Waals surface area (Å²) in [5.74, 6) is 0.551. The maximum atomic E-state index is 12.8. The van der Waals surface area contributed by atoms with E-state index in [2.05, 4.69) is 13.8 Å². The normalized spacial score (nSPS) is 26.2. The highest BCUT2D eigenvalue weighted by molar-refractivity contribution is 7.92. The van der Waals surface area contributed by atoms with Gasteiger partial charge in [-0.25, -0.2) is 8.42 Å². The van der Waals surface area contributed by atoms with Gasteiger partial charge in [0.25, 0.3) is 0 Å². The fraction of sp³-hybridized carbons (Fsp3) is 0.600. The van der Waals surface area contributed by atoms with Crippen LogP contribution in [0.1, 0.15) is 33.1 Å². The molecule has 0 amide bonds. The number of rotatable bonds is 3. The molecule has 0 aliphatic heterocycles. The van der Waals surface area contributed by atoms with Crippen molar-refractivity contribution in [3.8, 4) is 5.75 Å². The van der Waals surface area contributed by atoms with E-state index in [4.69, 9.17) is 10.5 Å². The van der Waals surface area contributed by atoms with Crippen molar-refractivity contribution in [3.63, 3.8) is 0 Å². The van der Waals surface area contributed by atoms with Crippen LogP contribution in [0.2, 0.25) is 0 Å². The van der Waals surface area contributed by atoms with Crippen molar-refractivity contribution >= 4 is 9.84 Å². The van der Waals surface area contributed by atoms with Crippen LogP contribution in [-0.2, 0) is 9.84 Å². The third kappa shape index (κ3) is 2.99.